The van der Waals surface area contributed by atoms with Gasteiger partial charge in [0.15, 0.2) is 11.4 Å². The lowest BCUT2D eigenvalue weighted by Crippen LogP contribution is -2.32. The van der Waals surface area contributed by atoms with Crippen LogP contribution in [0.5, 0.6) is 11.5 Å². The van der Waals surface area contributed by atoms with Crippen molar-refractivity contribution in [3.8, 4) is 56.5 Å². The van der Waals surface area contributed by atoms with E-state index in [9.17, 15) is 0 Å². The zero-order valence-electron chi connectivity index (χ0n) is 36.2. The molecule has 5 heterocycles. The van der Waals surface area contributed by atoms with E-state index in [2.05, 4.69) is 164 Å². The van der Waals surface area contributed by atoms with E-state index in [-0.39, 0.29) is 0 Å². The molecule has 8 aromatic carbocycles. The van der Waals surface area contributed by atoms with Gasteiger partial charge in [-0.05, 0) is 141 Å². The lowest BCUT2D eigenvalue weighted by Gasteiger charge is -2.39. The first-order chi connectivity index (χ1) is 33.6. The number of hydrogen-bond acceptors (Lipinski definition) is 3. The second kappa shape index (κ2) is 14.2. The SMILES string of the molecule is [C-]#[N+]c1ccc2c(c1)c1cc(-c3ccc4c(c3)Oc3cc(-c5ccc6c(c5)c5cc([N+]#[C-])ccc5n6-c5ccccc5)ccc3C43c4cccnc4-c4ncccc43)ccc1n2-c1ccccc1. The van der Waals surface area contributed by atoms with Gasteiger partial charge in [-0.3, -0.25) is 9.97 Å². The Bertz CT molecular complexity index is 3940. The van der Waals surface area contributed by atoms with E-state index in [1.54, 1.807) is 0 Å². The summed E-state index contributed by atoms with van der Waals surface area (Å²) in [6, 6.07) is 67.5. The van der Waals surface area contributed by atoms with Gasteiger partial charge in [0.1, 0.15) is 11.5 Å². The lowest BCUT2D eigenvalue weighted by molar-refractivity contribution is 0.436. The quantitative estimate of drug-likeness (QED) is 0.166. The Balaban J connectivity index is 0.965. The molecule has 0 fully saturated rings. The number of benzene rings is 8. The fourth-order valence-electron chi connectivity index (χ4n) is 11.2. The number of ether oxygens (including phenoxy) is 1. The van der Waals surface area contributed by atoms with Crippen LogP contribution >= 0.6 is 0 Å². The van der Waals surface area contributed by atoms with Gasteiger partial charge in [0.2, 0.25) is 0 Å². The first-order valence-electron chi connectivity index (χ1n) is 22.5. The fraction of sp³-hybridized carbons (Fsp3) is 0.0164. The zero-order valence-corrected chi connectivity index (χ0v) is 36.2. The van der Waals surface area contributed by atoms with E-state index in [1.165, 1.54) is 0 Å². The van der Waals surface area contributed by atoms with Crippen molar-refractivity contribution in [3.05, 3.63) is 252 Å². The van der Waals surface area contributed by atoms with Gasteiger partial charge >= 0.3 is 0 Å². The predicted molar refractivity (Wildman–Crippen MR) is 271 cm³/mol. The van der Waals surface area contributed by atoms with Crippen molar-refractivity contribution < 1.29 is 4.74 Å². The molecule has 0 saturated carbocycles. The number of aromatic nitrogens is 4. The molecule has 1 aliphatic heterocycles. The number of hydrogen-bond donors (Lipinski definition) is 0. The van der Waals surface area contributed by atoms with Crippen molar-refractivity contribution in [2.24, 2.45) is 0 Å². The largest absolute Gasteiger partial charge is 0.457 e. The van der Waals surface area contributed by atoms with Crippen molar-refractivity contribution in [2.45, 2.75) is 5.41 Å². The summed E-state index contributed by atoms with van der Waals surface area (Å²) in [4.78, 5) is 17.5. The molecule has 0 amide bonds. The molecule has 12 aromatic rings. The number of pyridine rings is 2. The van der Waals surface area contributed by atoms with Crippen LogP contribution < -0.4 is 4.74 Å². The van der Waals surface area contributed by atoms with Crippen LogP contribution in [0.3, 0.4) is 0 Å². The molecule has 7 heteroatoms. The van der Waals surface area contributed by atoms with E-state index in [4.69, 9.17) is 27.8 Å². The highest BCUT2D eigenvalue weighted by atomic mass is 16.5. The first-order valence-corrected chi connectivity index (χ1v) is 22.5. The normalized spacial score (nSPS) is 12.9. The second-order valence-electron chi connectivity index (χ2n) is 17.5. The van der Waals surface area contributed by atoms with Gasteiger partial charge in [0, 0.05) is 45.7 Å². The number of rotatable bonds is 4. The smallest absolute Gasteiger partial charge is 0.188 e. The van der Waals surface area contributed by atoms with Crippen molar-refractivity contribution in [1.29, 1.82) is 0 Å². The van der Waals surface area contributed by atoms with Crippen LogP contribution in [0.2, 0.25) is 0 Å². The maximum Gasteiger partial charge on any atom is 0.188 e. The van der Waals surface area contributed by atoms with E-state index in [0.717, 1.165) is 122 Å². The third-order valence-corrected chi connectivity index (χ3v) is 14.1. The summed E-state index contributed by atoms with van der Waals surface area (Å²) in [7, 11) is 0. The van der Waals surface area contributed by atoms with Crippen LogP contribution in [0.4, 0.5) is 11.4 Å². The van der Waals surface area contributed by atoms with Crippen LogP contribution in [0.15, 0.2) is 207 Å². The molecular weight excluding hydrogens is 833 g/mol. The van der Waals surface area contributed by atoms with E-state index in [0.29, 0.717) is 11.4 Å². The van der Waals surface area contributed by atoms with Gasteiger partial charge in [-0.1, -0.05) is 97.1 Å². The minimum absolute atomic E-state index is 0.606. The zero-order chi connectivity index (χ0) is 45.1. The van der Waals surface area contributed by atoms with Gasteiger partial charge in [0.25, 0.3) is 0 Å². The molecule has 0 saturated heterocycles. The van der Waals surface area contributed by atoms with E-state index < -0.39 is 5.41 Å². The Morgan fingerprint density at radius 2 is 0.779 bits per heavy atom. The first kappa shape index (κ1) is 37.8. The molecule has 0 radical (unpaired) electrons. The number of fused-ring (bicyclic) bond motifs is 15. The summed E-state index contributed by atoms with van der Waals surface area (Å²) in [5.74, 6) is 1.52. The predicted octanol–water partition coefficient (Wildman–Crippen LogP) is 15.6. The molecule has 0 bridgehead atoms. The van der Waals surface area contributed by atoms with Crippen molar-refractivity contribution in [2.75, 3.05) is 0 Å². The molecule has 0 N–H and O–H groups in total. The molecule has 7 nitrogen and oxygen atoms in total. The fourth-order valence-corrected chi connectivity index (χ4v) is 11.2. The van der Waals surface area contributed by atoms with Gasteiger partial charge in [-0.25, -0.2) is 9.69 Å². The molecule has 2 aliphatic rings. The molecule has 1 spiro atoms. The summed E-state index contributed by atoms with van der Waals surface area (Å²) >= 11 is 0. The Kier molecular flexibility index (Phi) is 7.90. The maximum atomic E-state index is 7.83. The summed E-state index contributed by atoms with van der Waals surface area (Å²) in [5, 5.41) is 4.20. The standard InChI is InChI=1S/C61H34N6O/c1-62-41-21-27-55-47(35-41)45-31-37(19-25-53(45)66(55)43-11-5-3-6-12-43)39-17-23-49-57(33-39)68-58-34-40(18-24-50(58)61(49)51-15-9-29-64-59(51)60-52(61)16-10-30-65-60)38-20-26-54-46(32-38)48-36-42(63-2)22-28-56(48)67(54)44-13-7-4-8-14-44/h3-36H. The molecule has 4 aromatic heterocycles. The van der Waals surface area contributed by atoms with Crippen LogP contribution in [-0.2, 0) is 5.41 Å². The van der Waals surface area contributed by atoms with Gasteiger partial charge in [-0.15, -0.1) is 0 Å². The van der Waals surface area contributed by atoms with E-state index in [1.807, 2.05) is 60.9 Å². The summed E-state index contributed by atoms with van der Waals surface area (Å²) in [6.07, 6.45) is 3.70. The summed E-state index contributed by atoms with van der Waals surface area (Å²) in [5.41, 5.74) is 16.9. The molecule has 314 valence electrons. The minimum Gasteiger partial charge on any atom is -0.457 e. The van der Waals surface area contributed by atoms with Gasteiger partial charge < -0.3 is 13.9 Å². The Labute approximate surface area is 390 Å². The van der Waals surface area contributed by atoms with Crippen LogP contribution in [0, 0.1) is 13.1 Å². The van der Waals surface area contributed by atoms with Crippen molar-refractivity contribution in [1.82, 2.24) is 19.1 Å². The van der Waals surface area contributed by atoms with Crippen LogP contribution in [-0.4, -0.2) is 19.1 Å². The van der Waals surface area contributed by atoms with Crippen molar-refractivity contribution in [3.63, 3.8) is 0 Å². The highest BCUT2D eigenvalue weighted by Crippen LogP contribution is 2.62. The van der Waals surface area contributed by atoms with Crippen LogP contribution in [0.1, 0.15) is 22.3 Å². The average Bonchev–Trinajstić information content (AvgIpc) is 4.02. The maximum absolute atomic E-state index is 7.83. The molecule has 14 rings (SSSR count). The third kappa shape index (κ3) is 5.21. The average molecular weight is 867 g/mol. The minimum atomic E-state index is -0.750. The Morgan fingerprint density at radius 1 is 0.382 bits per heavy atom. The highest BCUT2D eigenvalue weighted by Gasteiger charge is 2.52. The molecule has 0 unspecified atom stereocenters. The summed E-state index contributed by atoms with van der Waals surface area (Å²) in [6.45, 7) is 15.7. The Morgan fingerprint density at radius 3 is 1.22 bits per heavy atom. The van der Waals surface area contributed by atoms with Gasteiger partial charge in [0.05, 0.1) is 52.0 Å². The lowest BCUT2D eigenvalue weighted by atomic mass is 9.66. The molecule has 0 atom stereocenters. The topological polar surface area (TPSA) is 53.6 Å². The second-order valence-corrected chi connectivity index (χ2v) is 17.5. The molecule has 1 aliphatic carbocycles. The number of para-hydroxylation sites is 2. The monoisotopic (exact) mass is 866 g/mol. The van der Waals surface area contributed by atoms with Crippen LogP contribution in [0.25, 0.3) is 98.3 Å². The summed E-state index contributed by atoms with van der Waals surface area (Å²) < 4.78 is 11.8. The molecular formula is C61H34N6O. The van der Waals surface area contributed by atoms with Gasteiger partial charge in [-0.2, -0.15) is 0 Å². The van der Waals surface area contributed by atoms with Crippen molar-refractivity contribution >= 4 is 55.0 Å². The van der Waals surface area contributed by atoms with E-state index >= 15 is 0 Å². The molecule has 68 heavy (non-hydrogen) atoms. The third-order valence-electron chi connectivity index (χ3n) is 14.1. The highest BCUT2D eigenvalue weighted by molar-refractivity contribution is 6.13. The number of nitrogens with zero attached hydrogens (tertiary/aromatic N) is 6. The Hall–Kier alpha value is -9.56.